The van der Waals surface area contributed by atoms with E-state index >= 15 is 0 Å². The van der Waals surface area contributed by atoms with Crippen LogP contribution in [0.2, 0.25) is 0 Å². The van der Waals surface area contributed by atoms with Crippen molar-refractivity contribution in [1.82, 2.24) is 25.3 Å². The van der Waals surface area contributed by atoms with Crippen molar-refractivity contribution >= 4 is 17.5 Å². The SMILES string of the molecule is Nc1ncccc1-c1cc(Cc2ccc(N3CCC3c3cccc(-c4ccc(-c5cc(Cc6ccc(COc7cc(F)ccc7F)cc6)no5)c(N)n4)c3)nc2)no1. The van der Waals surface area contributed by atoms with Gasteiger partial charge in [-0.1, -0.05) is 58.8 Å². The monoisotopic (exact) mass is 774 g/mol. The summed E-state index contributed by atoms with van der Waals surface area (Å²) in [6.07, 6.45) is 5.63. The summed E-state index contributed by atoms with van der Waals surface area (Å²) in [6, 6.07) is 34.7. The molecule has 0 amide bonds. The van der Waals surface area contributed by atoms with Gasteiger partial charge in [0, 0.05) is 55.5 Å². The van der Waals surface area contributed by atoms with E-state index in [4.69, 9.17) is 35.2 Å². The first-order valence-electron chi connectivity index (χ1n) is 18.7. The van der Waals surface area contributed by atoms with Gasteiger partial charge in [-0.15, -0.1) is 0 Å². The van der Waals surface area contributed by atoms with Gasteiger partial charge in [0.05, 0.1) is 34.3 Å². The first-order chi connectivity index (χ1) is 28.3. The number of rotatable bonds is 12. The minimum Gasteiger partial charge on any atom is -0.486 e. The Labute approximate surface area is 331 Å². The maximum atomic E-state index is 13.9. The van der Waals surface area contributed by atoms with Crippen LogP contribution in [0, 0.1) is 11.6 Å². The summed E-state index contributed by atoms with van der Waals surface area (Å²) in [5.74, 6) is 1.45. The average Bonchev–Trinajstić information content (AvgIpc) is 3.89. The number of aromatic nitrogens is 5. The zero-order valence-electron chi connectivity index (χ0n) is 31.1. The van der Waals surface area contributed by atoms with E-state index in [9.17, 15) is 8.78 Å². The predicted octanol–water partition coefficient (Wildman–Crippen LogP) is 9.00. The number of nitrogens with zero attached hydrogens (tertiary/aromatic N) is 6. The third kappa shape index (κ3) is 7.69. The molecule has 8 aromatic rings. The molecule has 1 saturated heterocycles. The summed E-state index contributed by atoms with van der Waals surface area (Å²) in [5, 5.41) is 8.48. The molecule has 58 heavy (non-hydrogen) atoms. The first-order valence-corrected chi connectivity index (χ1v) is 18.7. The highest BCUT2D eigenvalue weighted by atomic mass is 19.1. The largest absolute Gasteiger partial charge is 0.486 e. The molecule has 288 valence electrons. The summed E-state index contributed by atoms with van der Waals surface area (Å²) in [6.45, 7) is 1.01. The Hall–Kier alpha value is -7.41. The first kappa shape index (κ1) is 36.2. The van der Waals surface area contributed by atoms with E-state index in [0.29, 0.717) is 47.1 Å². The Morgan fingerprint density at radius 1 is 0.707 bits per heavy atom. The van der Waals surface area contributed by atoms with Crippen LogP contribution in [0.3, 0.4) is 0 Å². The Morgan fingerprint density at radius 3 is 2.16 bits per heavy atom. The van der Waals surface area contributed by atoms with Crippen molar-refractivity contribution in [2.24, 2.45) is 0 Å². The van der Waals surface area contributed by atoms with Crippen LogP contribution < -0.4 is 21.1 Å². The Morgan fingerprint density at radius 2 is 1.45 bits per heavy atom. The standard InChI is InChI=1S/C45H36F2N8O3/c46-32-11-13-37(47)42(22-32)56-26-28-8-6-27(7-9-28)19-33-23-41(58-53-33)36-12-14-38(52-45(36)49)30-3-1-4-31(21-30)39-16-18-55(39)43-15-10-29(25-51-43)20-34-24-40(57-54-34)35-5-2-17-50-44(35)48/h1-15,17,21-25,39H,16,18-20,26H2,(H2,48,50)(H2,49,52). The summed E-state index contributed by atoms with van der Waals surface area (Å²) in [7, 11) is 0. The van der Waals surface area contributed by atoms with Gasteiger partial charge in [-0.25, -0.2) is 23.7 Å². The van der Waals surface area contributed by atoms with E-state index in [1.165, 1.54) is 5.56 Å². The van der Waals surface area contributed by atoms with E-state index in [1.54, 1.807) is 6.20 Å². The molecule has 5 aromatic heterocycles. The second kappa shape index (κ2) is 15.6. The molecule has 3 aromatic carbocycles. The molecule has 0 bridgehead atoms. The highest BCUT2D eigenvalue weighted by Crippen LogP contribution is 2.38. The molecule has 4 N–H and O–H groups in total. The Balaban J connectivity index is 0.821. The van der Waals surface area contributed by atoms with Crippen LogP contribution in [0.1, 0.15) is 46.1 Å². The second-order valence-corrected chi connectivity index (χ2v) is 14.1. The zero-order chi connectivity index (χ0) is 39.6. The fourth-order valence-electron chi connectivity index (χ4n) is 7.04. The quantitative estimate of drug-likeness (QED) is 0.122. The van der Waals surface area contributed by atoms with Gasteiger partial charge in [0.25, 0.3) is 0 Å². The van der Waals surface area contributed by atoms with Crippen LogP contribution in [0.4, 0.5) is 26.2 Å². The average molecular weight is 775 g/mol. The van der Waals surface area contributed by atoms with E-state index < -0.39 is 11.6 Å². The molecule has 1 unspecified atom stereocenters. The van der Waals surface area contributed by atoms with Crippen molar-refractivity contribution < 1.29 is 22.6 Å². The Kier molecular flexibility index (Phi) is 9.76. The number of hydrogen-bond acceptors (Lipinski definition) is 11. The van der Waals surface area contributed by atoms with E-state index in [-0.39, 0.29) is 18.4 Å². The molecule has 0 aliphatic carbocycles. The normalized spacial score (nSPS) is 13.7. The third-order valence-corrected chi connectivity index (χ3v) is 10.2. The summed E-state index contributed by atoms with van der Waals surface area (Å²) in [5.41, 5.74) is 21.1. The molecular weight excluding hydrogens is 739 g/mol. The third-order valence-electron chi connectivity index (χ3n) is 10.2. The van der Waals surface area contributed by atoms with Gasteiger partial charge >= 0.3 is 0 Å². The smallest absolute Gasteiger partial charge is 0.170 e. The van der Waals surface area contributed by atoms with Crippen molar-refractivity contribution in [3.8, 4) is 39.7 Å². The van der Waals surface area contributed by atoms with Crippen LogP contribution in [-0.2, 0) is 19.4 Å². The maximum absolute atomic E-state index is 13.9. The highest BCUT2D eigenvalue weighted by molar-refractivity contribution is 5.74. The van der Waals surface area contributed by atoms with Crippen LogP contribution in [0.15, 0.2) is 137 Å². The topological polar surface area (TPSA) is 155 Å². The highest BCUT2D eigenvalue weighted by Gasteiger charge is 2.31. The van der Waals surface area contributed by atoms with Gasteiger partial charge in [0.15, 0.2) is 23.1 Å². The lowest BCUT2D eigenvalue weighted by Gasteiger charge is -2.42. The van der Waals surface area contributed by atoms with Gasteiger partial charge in [-0.3, -0.25) is 0 Å². The second-order valence-electron chi connectivity index (χ2n) is 14.1. The lowest BCUT2D eigenvalue weighted by atomic mass is 9.92. The van der Waals surface area contributed by atoms with Gasteiger partial charge in [0.1, 0.15) is 29.9 Å². The van der Waals surface area contributed by atoms with E-state index in [0.717, 1.165) is 76.3 Å². The number of hydrogen-bond donors (Lipinski definition) is 2. The van der Waals surface area contributed by atoms with Gasteiger partial charge in [0.2, 0.25) is 0 Å². The number of benzene rings is 3. The number of nitrogen functional groups attached to an aromatic ring is 2. The number of ether oxygens (including phenoxy) is 1. The van der Waals surface area contributed by atoms with E-state index in [1.807, 2.05) is 79.0 Å². The molecule has 6 heterocycles. The minimum atomic E-state index is -0.613. The van der Waals surface area contributed by atoms with Gasteiger partial charge in [-0.2, -0.15) is 0 Å². The summed E-state index contributed by atoms with van der Waals surface area (Å²) >= 11 is 0. The Bertz CT molecular complexity index is 2720. The molecule has 0 spiro atoms. The summed E-state index contributed by atoms with van der Waals surface area (Å²) < 4.78 is 44.0. The van der Waals surface area contributed by atoms with E-state index in [2.05, 4.69) is 44.5 Å². The molecule has 1 fully saturated rings. The molecule has 1 atom stereocenters. The fourth-order valence-corrected chi connectivity index (χ4v) is 7.04. The molecule has 11 nitrogen and oxygen atoms in total. The minimum absolute atomic E-state index is 0.104. The molecule has 0 saturated carbocycles. The molecule has 0 radical (unpaired) electrons. The molecule has 1 aliphatic rings. The number of nitrogens with two attached hydrogens (primary N) is 2. The number of pyridine rings is 3. The maximum Gasteiger partial charge on any atom is 0.170 e. The summed E-state index contributed by atoms with van der Waals surface area (Å²) in [4.78, 5) is 16.0. The van der Waals surface area contributed by atoms with Crippen molar-refractivity contribution in [3.05, 3.63) is 173 Å². The van der Waals surface area contributed by atoms with Crippen LogP contribution >= 0.6 is 0 Å². The lowest BCUT2D eigenvalue weighted by Crippen LogP contribution is -2.41. The van der Waals surface area contributed by atoms with Gasteiger partial charge < -0.3 is 30.2 Å². The van der Waals surface area contributed by atoms with Crippen molar-refractivity contribution in [3.63, 3.8) is 0 Å². The van der Waals surface area contributed by atoms with Crippen molar-refractivity contribution in [2.75, 3.05) is 22.9 Å². The van der Waals surface area contributed by atoms with Crippen molar-refractivity contribution in [2.45, 2.75) is 31.9 Å². The van der Waals surface area contributed by atoms with Crippen LogP contribution in [0.25, 0.3) is 33.9 Å². The molecular formula is C45H36F2N8O3. The lowest BCUT2D eigenvalue weighted by molar-refractivity contribution is 0.288. The predicted molar refractivity (Wildman–Crippen MR) is 215 cm³/mol. The number of halogens is 2. The fraction of sp³-hybridized carbons (Fsp3) is 0.133. The molecule has 13 heteroatoms. The molecule has 9 rings (SSSR count). The van der Waals surface area contributed by atoms with Crippen LogP contribution in [-0.4, -0.2) is 31.8 Å². The van der Waals surface area contributed by atoms with Gasteiger partial charge in [-0.05, 0) is 77.2 Å². The zero-order valence-corrected chi connectivity index (χ0v) is 31.1. The number of anilines is 3. The molecule has 1 aliphatic heterocycles. The van der Waals surface area contributed by atoms with Crippen molar-refractivity contribution in [1.29, 1.82) is 0 Å². The van der Waals surface area contributed by atoms with Crippen LogP contribution in [0.5, 0.6) is 5.75 Å².